The zero-order valence-electron chi connectivity index (χ0n) is 9.71. The van der Waals surface area contributed by atoms with Gasteiger partial charge in [0.1, 0.15) is 0 Å². The van der Waals surface area contributed by atoms with Crippen LogP contribution >= 0.6 is 23.7 Å². The molecule has 1 N–H and O–H groups in total. The van der Waals surface area contributed by atoms with Crippen LogP contribution in [0.25, 0.3) is 0 Å². The van der Waals surface area contributed by atoms with Crippen molar-refractivity contribution in [2.75, 3.05) is 20.1 Å². The SMILES string of the molecule is Cc1ncc(S(=O)(=O)N(C)C2CCNC2)s1.Cl. The van der Waals surface area contributed by atoms with Crippen molar-refractivity contribution in [3.63, 3.8) is 0 Å². The molecule has 1 aromatic heterocycles. The molecule has 1 saturated heterocycles. The Morgan fingerprint density at radius 2 is 2.29 bits per heavy atom. The van der Waals surface area contributed by atoms with E-state index in [1.165, 1.54) is 21.8 Å². The Labute approximate surface area is 112 Å². The maximum Gasteiger partial charge on any atom is 0.254 e. The number of hydrogen-bond donors (Lipinski definition) is 1. The van der Waals surface area contributed by atoms with E-state index in [1.807, 2.05) is 0 Å². The molecule has 1 fully saturated rings. The van der Waals surface area contributed by atoms with Gasteiger partial charge in [-0.25, -0.2) is 13.4 Å². The standard InChI is InChI=1S/C9H15N3O2S2.ClH/c1-7-11-6-9(15-7)16(13,14)12(2)8-3-4-10-5-8;/h6,8,10H,3-5H2,1-2H3;1H. The summed E-state index contributed by atoms with van der Waals surface area (Å²) >= 11 is 1.22. The highest BCUT2D eigenvalue weighted by molar-refractivity contribution is 7.91. The van der Waals surface area contributed by atoms with Crippen molar-refractivity contribution < 1.29 is 8.42 Å². The minimum atomic E-state index is -3.35. The van der Waals surface area contributed by atoms with Crippen molar-refractivity contribution >= 4 is 33.8 Å². The summed E-state index contributed by atoms with van der Waals surface area (Å²) in [4.78, 5) is 3.99. The Bertz CT molecular complexity index is 468. The van der Waals surface area contributed by atoms with Crippen LogP contribution < -0.4 is 5.32 Å². The van der Waals surface area contributed by atoms with Crippen LogP contribution in [0.3, 0.4) is 0 Å². The first-order chi connectivity index (χ1) is 7.51. The second-order valence-corrected chi connectivity index (χ2v) is 7.33. The molecule has 2 heterocycles. The lowest BCUT2D eigenvalue weighted by Gasteiger charge is -2.21. The number of aryl methyl sites for hydroxylation is 1. The summed E-state index contributed by atoms with van der Waals surface area (Å²) in [6.07, 6.45) is 2.31. The fourth-order valence-electron chi connectivity index (χ4n) is 1.75. The number of hydrogen-bond acceptors (Lipinski definition) is 5. The lowest BCUT2D eigenvalue weighted by Crippen LogP contribution is -2.37. The normalized spacial score (nSPS) is 20.5. The molecule has 2 rings (SSSR count). The Morgan fingerprint density at radius 3 is 2.76 bits per heavy atom. The number of nitrogens with one attached hydrogen (secondary N) is 1. The molecule has 1 atom stereocenters. The molecule has 17 heavy (non-hydrogen) atoms. The van der Waals surface area contributed by atoms with Crippen molar-refractivity contribution in [1.29, 1.82) is 0 Å². The molecule has 1 aliphatic heterocycles. The van der Waals surface area contributed by atoms with Gasteiger partial charge < -0.3 is 5.32 Å². The largest absolute Gasteiger partial charge is 0.315 e. The van der Waals surface area contributed by atoms with E-state index in [4.69, 9.17) is 0 Å². The third-order valence-electron chi connectivity index (χ3n) is 2.78. The predicted octanol–water partition coefficient (Wildman–Crippen LogP) is 0.856. The van der Waals surface area contributed by atoms with Crippen LogP contribution in [-0.2, 0) is 10.0 Å². The van der Waals surface area contributed by atoms with Crippen LogP contribution in [-0.4, -0.2) is 43.9 Å². The zero-order chi connectivity index (χ0) is 11.8. The number of aromatic nitrogens is 1. The minimum Gasteiger partial charge on any atom is -0.315 e. The van der Waals surface area contributed by atoms with Gasteiger partial charge in [0, 0.05) is 19.6 Å². The molecular weight excluding hydrogens is 282 g/mol. The Balaban J connectivity index is 0.00000144. The van der Waals surface area contributed by atoms with Crippen molar-refractivity contribution in [2.24, 2.45) is 0 Å². The van der Waals surface area contributed by atoms with Crippen LogP contribution in [0.1, 0.15) is 11.4 Å². The molecule has 0 bridgehead atoms. The van der Waals surface area contributed by atoms with E-state index in [-0.39, 0.29) is 18.4 Å². The van der Waals surface area contributed by atoms with Crippen LogP contribution in [0.15, 0.2) is 10.4 Å². The summed E-state index contributed by atoms with van der Waals surface area (Å²) < 4.78 is 26.2. The van der Waals surface area contributed by atoms with E-state index in [0.29, 0.717) is 4.21 Å². The summed E-state index contributed by atoms with van der Waals surface area (Å²) in [7, 11) is -1.71. The first-order valence-corrected chi connectivity index (χ1v) is 7.38. The molecule has 0 saturated carbocycles. The Kier molecular flexibility index (Phi) is 4.91. The summed E-state index contributed by atoms with van der Waals surface area (Å²) in [5, 5.41) is 3.94. The zero-order valence-corrected chi connectivity index (χ0v) is 12.2. The highest BCUT2D eigenvalue weighted by Gasteiger charge is 2.31. The first kappa shape index (κ1) is 14.8. The summed E-state index contributed by atoms with van der Waals surface area (Å²) in [6.45, 7) is 3.42. The van der Waals surface area contributed by atoms with Gasteiger partial charge >= 0.3 is 0 Å². The van der Waals surface area contributed by atoms with Gasteiger partial charge in [0.05, 0.1) is 11.2 Å². The molecule has 98 valence electrons. The van der Waals surface area contributed by atoms with Crippen LogP contribution in [0.4, 0.5) is 0 Å². The molecule has 8 heteroatoms. The van der Waals surface area contributed by atoms with Gasteiger partial charge in [0.15, 0.2) is 4.21 Å². The molecular formula is C9H16ClN3O2S2. The van der Waals surface area contributed by atoms with Crippen molar-refractivity contribution in [2.45, 2.75) is 23.6 Å². The molecule has 1 unspecified atom stereocenters. The molecule has 1 aliphatic rings. The molecule has 0 aromatic carbocycles. The van der Waals surface area contributed by atoms with Crippen LogP contribution in [0.5, 0.6) is 0 Å². The molecule has 0 radical (unpaired) electrons. The second-order valence-electron chi connectivity index (χ2n) is 3.87. The number of nitrogens with zero attached hydrogens (tertiary/aromatic N) is 2. The molecule has 0 aliphatic carbocycles. The second kappa shape index (κ2) is 5.62. The monoisotopic (exact) mass is 297 g/mol. The summed E-state index contributed by atoms with van der Waals surface area (Å²) in [5.41, 5.74) is 0. The number of likely N-dealkylation sites (N-methyl/N-ethyl adjacent to an activating group) is 1. The maximum atomic E-state index is 12.2. The minimum absolute atomic E-state index is 0. The lowest BCUT2D eigenvalue weighted by molar-refractivity contribution is 0.388. The fourth-order valence-corrected chi connectivity index (χ4v) is 4.43. The average Bonchev–Trinajstić information content (AvgIpc) is 2.86. The Morgan fingerprint density at radius 1 is 1.59 bits per heavy atom. The number of thiazole rings is 1. The molecule has 0 amide bonds. The van der Waals surface area contributed by atoms with Gasteiger partial charge in [-0.2, -0.15) is 4.31 Å². The highest BCUT2D eigenvalue weighted by atomic mass is 35.5. The van der Waals surface area contributed by atoms with Gasteiger partial charge in [-0.1, -0.05) is 0 Å². The quantitative estimate of drug-likeness (QED) is 0.899. The van der Waals surface area contributed by atoms with Crippen molar-refractivity contribution in [1.82, 2.24) is 14.6 Å². The van der Waals surface area contributed by atoms with E-state index in [9.17, 15) is 8.42 Å². The van der Waals surface area contributed by atoms with E-state index < -0.39 is 10.0 Å². The maximum absolute atomic E-state index is 12.2. The third kappa shape index (κ3) is 2.97. The van der Waals surface area contributed by atoms with E-state index >= 15 is 0 Å². The summed E-state index contributed by atoms with van der Waals surface area (Å²) in [6, 6.07) is 0.0624. The smallest absolute Gasteiger partial charge is 0.254 e. The van der Waals surface area contributed by atoms with Gasteiger partial charge in [-0.05, 0) is 19.9 Å². The van der Waals surface area contributed by atoms with Gasteiger partial charge in [0.2, 0.25) is 0 Å². The Hall–Kier alpha value is -0.210. The predicted molar refractivity (Wildman–Crippen MR) is 70.3 cm³/mol. The van der Waals surface area contributed by atoms with E-state index in [2.05, 4.69) is 10.3 Å². The number of sulfonamides is 1. The number of rotatable bonds is 3. The van der Waals surface area contributed by atoms with Gasteiger partial charge in [-0.15, -0.1) is 23.7 Å². The van der Waals surface area contributed by atoms with Crippen LogP contribution in [0, 0.1) is 6.92 Å². The number of halogens is 1. The summed E-state index contributed by atoms with van der Waals surface area (Å²) in [5.74, 6) is 0. The average molecular weight is 298 g/mol. The van der Waals surface area contributed by atoms with Crippen molar-refractivity contribution in [3.05, 3.63) is 11.2 Å². The topological polar surface area (TPSA) is 62.3 Å². The van der Waals surface area contributed by atoms with Crippen LogP contribution in [0.2, 0.25) is 0 Å². The highest BCUT2D eigenvalue weighted by Crippen LogP contribution is 2.23. The molecule has 5 nitrogen and oxygen atoms in total. The fraction of sp³-hybridized carbons (Fsp3) is 0.667. The van der Waals surface area contributed by atoms with Gasteiger partial charge in [0.25, 0.3) is 10.0 Å². The molecule has 0 spiro atoms. The van der Waals surface area contributed by atoms with Gasteiger partial charge in [-0.3, -0.25) is 0 Å². The third-order valence-corrected chi connectivity index (χ3v) is 6.04. The van der Waals surface area contributed by atoms with Crippen molar-refractivity contribution in [3.8, 4) is 0 Å². The first-order valence-electron chi connectivity index (χ1n) is 5.13. The van der Waals surface area contributed by atoms with E-state index in [1.54, 1.807) is 14.0 Å². The van der Waals surface area contributed by atoms with E-state index in [0.717, 1.165) is 24.5 Å². The lowest BCUT2D eigenvalue weighted by atomic mass is 10.3. The molecule has 1 aromatic rings.